The highest BCUT2D eigenvalue weighted by Gasteiger charge is 2.20. The van der Waals surface area contributed by atoms with Gasteiger partial charge in [0.1, 0.15) is 0 Å². The van der Waals surface area contributed by atoms with E-state index in [1.807, 2.05) is 42.5 Å². The Hall–Kier alpha value is -2.93. The average molecular weight is 383 g/mol. The van der Waals surface area contributed by atoms with Crippen LogP contribution in [-0.4, -0.2) is 74.0 Å². The number of hydrogen-bond acceptors (Lipinski definition) is 4. The van der Waals surface area contributed by atoms with E-state index in [9.17, 15) is 14.4 Å². The van der Waals surface area contributed by atoms with Crippen molar-refractivity contribution in [2.24, 2.45) is 0 Å². The molecule has 28 heavy (non-hydrogen) atoms. The molecule has 0 spiro atoms. The van der Waals surface area contributed by atoms with Crippen LogP contribution in [0.15, 0.2) is 42.5 Å². The second kappa shape index (κ2) is 9.32. The Morgan fingerprint density at radius 1 is 1.07 bits per heavy atom. The van der Waals surface area contributed by atoms with Gasteiger partial charge < -0.3 is 19.9 Å². The van der Waals surface area contributed by atoms with Crippen LogP contribution in [0.5, 0.6) is 0 Å². The first-order chi connectivity index (χ1) is 13.5. The molecule has 1 N–H and O–H groups in total. The summed E-state index contributed by atoms with van der Waals surface area (Å²) in [5, 5.41) is 4.76. The Labute approximate surface area is 164 Å². The van der Waals surface area contributed by atoms with Crippen molar-refractivity contribution in [2.45, 2.75) is 6.42 Å². The van der Waals surface area contributed by atoms with Crippen LogP contribution in [0.1, 0.15) is 5.56 Å². The molecular weight excluding hydrogens is 358 g/mol. The van der Waals surface area contributed by atoms with Gasteiger partial charge in [-0.2, -0.15) is 0 Å². The molecule has 1 heterocycles. The van der Waals surface area contributed by atoms with Gasteiger partial charge in [-0.15, -0.1) is 0 Å². The lowest BCUT2D eigenvalue weighted by Gasteiger charge is -2.28. The molecule has 1 fully saturated rings. The lowest BCUT2D eigenvalue weighted by atomic mass is 10.0. The monoisotopic (exact) mass is 383 g/mol. The molecule has 2 aromatic carbocycles. The number of amides is 3. The van der Waals surface area contributed by atoms with Gasteiger partial charge in [0.05, 0.1) is 32.7 Å². The van der Waals surface area contributed by atoms with Crippen molar-refractivity contribution in [3.63, 3.8) is 0 Å². The van der Waals surface area contributed by atoms with Crippen molar-refractivity contribution in [2.75, 3.05) is 46.4 Å². The van der Waals surface area contributed by atoms with E-state index in [0.717, 1.165) is 16.3 Å². The lowest BCUT2D eigenvalue weighted by molar-refractivity contribution is -0.141. The van der Waals surface area contributed by atoms with E-state index in [1.165, 1.54) is 4.90 Å². The van der Waals surface area contributed by atoms with Gasteiger partial charge in [0.25, 0.3) is 0 Å². The van der Waals surface area contributed by atoms with Crippen LogP contribution in [0.25, 0.3) is 10.8 Å². The summed E-state index contributed by atoms with van der Waals surface area (Å²) in [4.78, 5) is 39.8. The molecule has 7 nitrogen and oxygen atoms in total. The number of benzene rings is 2. The molecule has 0 aliphatic carbocycles. The fourth-order valence-electron chi connectivity index (χ4n) is 3.20. The van der Waals surface area contributed by atoms with Crippen molar-refractivity contribution < 1.29 is 19.1 Å². The van der Waals surface area contributed by atoms with E-state index in [-0.39, 0.29) is 37.2 Å². The Morgan fingerprint density at radius 2 is 1.79 bits per heavy atom. The van der Waals surface area contributed by atoms with Gasteiger partial charge in [-0.25, -0.2) is 0 Å². The molecule has 3 rings (SSSR count). The van der Waals surface area contributed by atoms with Gasteiger partial charge >= 0.3 is 0 Å². The Balaban J connectivity index is 1.48. The molecule has 0 bridgehead atoms. The second-order valence-corrected chi connectivity index (χ2v) is 6.83. The SMILES string of the molecule is CN(CC(=O)N1CCOCC1)C(=O)CNC(=O)Cc1cccc2ccccc12. The Bertz CT molecular complexity index is 856. The number of nitrogens with zero attached hydrogens (tertiary/aromatic N) is 2. The van der Waals surface area contributed by atoms with E-state index >= 15 is 0 Å². The molecule has 0 radical (unpaired) electrons. The summed E-state index contributed by atoms with van der Waals surface area (Å²) in [5.41, 5.74) is 0.916. The highest BCUT2D eigenvalue weighted by Crippen LogP contribution is 2.18. The predicted octanol–water partition coefficient (Wildman–Crippen LogP) is 0.816. The fourth-order valence-corrected chi connectivity index (χ4v) is 3.20. The summed E-state index contributed by atoms with van der Waals surface area (Å²) in [5.74, 6) is -0.633. The molecule has 0 unspecified atom stereocenters. The minimum atomic E-state index is -0.298. The third-order valence-electron chi connectivity index (χ3n) is 4.83. The van der Waals surface area contributed by atoms with Gasteiger partial charge in [0.15, 0.2) is 0 Å². The van der Waals surface area contributed by atoms with Crippen molar-refractivity contribution in [1.29, 1.82) is 0 Å². The van der Waals surface area contributed by atoms with Crippen LogP contribution in [0.4, 0.5) is 0 Å². The van der Waals surface area contributed by atoms with E-state index in [1.54, 1.807) is 11.9 Å². The van der Waals surface area contributed by atoms with E-state index < -0.39 is 0 Å². The van der Waals surface area contributed by atoms with Crippen LogP contribution in [0.2, 0.25) is 0 Å². The number of morpholine rings is 1. The van der Waals surface area contributed by atoms with Gasteiger partial charge in [0.2, 0.25) is 17.7 Å². The number of carbonyl (C=O) groups excluding carboxylic acids is 3. The first kappa shape index (κ1) is 19.8. The van der Waals surface area contributed by atoms with Crippen molar-refractivity contribution in [3.05, 3.63) is 48.0 Å². The van der Waals surface area contributed by atoms with Crippen LogP contribution < -0.4 is 5.32 Å². The van der Waals surface area contributed by atoms with Gasteiger partial charge in [0, 0.05) is 20.1 Å². The quantitative estimate of drug-likeness (QED) is 0.801. The summed E-state index contributed by atoms with van der Waals surface area (Å²) < 4.78 is 5.22. The van der Waals surface area contributed by atoms with Gasteiger partial charge in [-0.3, -0.25) is 14.4 Å². The molecule has 0 saturated carbocycles. The molecule has 0 atom stereocenters. The van der Waals surface area contributed by atoms with E-state index in [2.05, 4.69) is 5.32 Å². The molecule has 1 saturated heterocycles. The zero-order chi connectivity index (χ0) is 19.9. The minimum Gasteiger partial charge on any atom is -0.378 e. The third-order valence-corrected chi connectivity index (χ3v) is 4.83. The van der Waals surface area contributed by atoms with Gasteiger partial charge in [-0.1, -0.05) is 42.5 Å². The molecule has 0 aromatic heterocycles. The Morgan fingerprint density at radius 3 is 2.57 bits per heavy atom. The van der Waals surface area contributed by atoms with Crippen molar-refractivity contribution in [1.82, 2.24) is 15.1 Å². The first-order valence-electron chi connectivity index (χ1n) is 9.37. The Kier molecular flexibility index (Phi) is 6.60. The fraction of sp³-hybridized carbons (Fsp3) is 0.381. The molecule has 2 aromatic rings. The lowest BCUT2D eigenvalue weighted by Crippen LogP contribution is -2.47. The second-order valence-electron chi connectivity index (χ2n) is 6.83. The maximum absolute atomic E-state index is 12.3. The van der Waals surface area contributed by atoms with Gasteiger partial charge in [-0.05, 0) is 16.3 Å². The number of carbonyl (C=O) groups is 3. The molecule has 148 valence electrons. The first-order valence-corrected chi connectivity index (χ1v) is 9.37. The highest BCUT2D eigenvalue weighted by atomic mass is 16.5. The predicted molar refractivity (Wildman–Crippen MR) is 106 cm³/mol. The summed E-state index contributed by atoms with van der Waals surface area (Å²) in [6, 6.07) is 13.7. The van der Waals surface area contributed by atoms with Crippen LogP contribution in [-0.2, 0) is 25.5 Å². The molecular formula is C21H25N3O4. The summed E-state index contributed by atoms with van der Waals surface area (Å²) in [7, 11) is 1.57. The van der Waals surface area contributed by atoms with Crippen LogP contribution in [0, 0.1) is 0 Å². The summed E-state index contributed by atoms with van der Waals surface area (Å²) in [6.45, 7) is 2.00. The topological polar surface area (TPSA) is 79.0 Å². The normalized spacial score (nSPS) is 14.0. The molecule has 7 heteroatoms. The number of nitrogens with one attached hydrogen (secondary N) is 1. The number of ether oxygens (including phenoxy) is 1. The van der Waals surface area contributed by atoms with E-state index in [0.29, 0.717) is 26.3 Å². The zero-order valence-corrected chi connectivity index (χ0v) is 16.0. The number of fused-ring (bicyclic) bond motifs is 1. The van der Waals surface area contributed by atoms with Crippen molar-refractivity contribution >= 4 is 28.5 Å². The maximum atomic E-state index is 12.3. The average Bonchev–Trinajstić information content (AvgIpc) is 2.73. The van der Waals surface area contributed by atoms with Crippen molar-refractivity contribution in [3.8, 4) is 0 Å². The molecule has 1 aliphatic rings. The van der Waals surface area contributed by atoms with E-state index in [4.69, 9.17) is 4.74 Å². The smallest absolute Gasteiger partial charge is 0.242 e. The third kappa shape index (κ3) is 5.07. The number of rotatable bonds is 6. The zero-order valence-electron chi connectivity index (χ0n) is 16.0. The maximum Gasteiger partial charge on any atom is 0.242 e. The minimum absolute atomic E-state index is 0.00196. The number of likely N-dealkylation sites (N-methyl/N-ethyl adjacent to an activating group) is 1. The molecule has 1 aliphatic heterocycles. The summed E-state index contributed by atoms with van der Waals surface area (Å²) >= 11 is 0. The summed E-state index contributed by atoms with van der Waals surface area (Å²) in [6.07, 6.45) is 0.199. The van der Waals surface area contributed by atoms with Crippen LogP contribution >= 0.6 is 0 Å². The standard InChI is InChI=1S/C21H25N3O4/c1-23(15-21(27)24-9-11-28-12-10-24)20(26)14-22-19(25)13-17-7-4-6-16-5-2-3-8-18(16)17/h2-8H,9-15H2,1H3,(H,22,25). The molecule has 3 amide bonds. The number of hydrogen-bond donors (Lipinski definition) is 1. The van der Waals surface area contributed by atoms with Crippen LogP contribution in [0.3, 0.4) is 0 Å². The highest BCUT2D eigenvalue weighted by molar-refractivity contribution is 5.92. The largest absolute Gasteiger partial charge is 0.378 e.